The largest absolute Gasteiger partial charge is 0.443 e. The van der Waals surface area contributed by atoms with Gasteiger partial charge in [0.25, 0.3) is 0 Å². The lowest BCUT2D eigenvalue weighted by Gasteiger charge is -2.06. The summed E-state index contributed by atoms with van der Waals surface area (Å²) < 4.78 is 4.88. The third-order valence-electron chi connectivity index (χ3n) is 1.59. The van der Waals surface area contributed by atoms with E-state index in [9.17, 15) is 4.79 Å². The molecule has 1 aliphatic rings. The Kier molecular flexibility index (Phi) is 2.11. The Labute approximate surface area is 59.9 Å². The zero-order valence-corrected chi connectivity index (χ0v) is 6.04. The van der Waals surface area contributed by atoms with Gasteiger partial charge in [0.2, 0.25) is 0 Å². The molecular formula is C6H12N2O2. The monoisotopic (exact) mass is 144 g/mol. The van der Waals surface area contributed by atoms with Gasteiger partial charge in [0.15, 0.2) is 0 Å². The van der Waals surface area contributed by atoms with Crippen molar-refractivity contribution < 1.29 is 9.53 Å². The molecule has 4 heteroatoms. The minimum absolute atomic E-state index is 0.0903. The van der Waals surface area contributed by atoms with Crippen LogP contribution in [0.25, 0.3) is 0 Å². The van der Waals surface area contributed by atoms with Crippen molar-refractivity contribution in [2.75, 3.05) is 19.6 Å². The van der Waals surface area contributed by atoms with Crippen molar-refractivity contribution >= 4 is 6.09 Å². The molecule has 1 fully saturated rings. The number of hydrogen-bond donors (Lipinski definition) is 1. The molecule has 1 amide bonds. The smallest absolute Gasteiger partial charge is 0.410 e. The first kappa shape index (κ1) is 7.34. The molecule has 0 aromatic carbocycles. The van der Waals surface area contributed by atoms with Crippen LogP contribution in [0.5, 0.6) is 0 Å². The van der Waals surface area contributed by atoms with E-state index in [4.69, 9.17) is 10.5 Å². The molecule has 1 rings (SSSR count). The molecule has 0 saturated carbocycles. The second kappa shape index (κ2) is 2.88. The van der Waals surface area contributed by atoms with Gasteiger partial charge in [0, 0.05) is 13.1 Å². The molecule has 0 spiro atoms. The summed E-state index contributed by atoms with van der Waals surface area (Å²) in [7, 11) is 0. The predicted molar refractivity (Wildman–Crippen MR) is 36.6 cm³/mol. The molecule has 10 heavy (non-hydrogen) atoms. The highest BCUT2D eigenvalue weighted by Crippen LogP contribution is 2.08. The van der Waals surface area contributed by atoms with Crippen LogP contribution in [0.1, 0.15) is 6.92 Å². The van der Waals surface area contributed by atoms with Crippen molar-refractivity contribution in [1.29, 1.82) is 0 Å². The fourth-order valence-corrected chi connectivity index (χ4v) is 0.956. The second-order valence-electron chi connectivity index (χ2n) is 2.28. The molecule has 0 aliphatic carbocycles. The topological polar surface area (TPSA) is 55.6 Å². The summed E-state index contributed by atoms with van der Waals surface area (Å²) in [5, 5.41) is 0. The van der Waals surface area contributed by atoms with Gasteiger partial charge in [0.1, 0.15) is 6.10 Å². The van der Waals surface area contributed by atoms with Crippen LogP contribution >= 0.6 is 0 Å². The van der Waals surface area contributed by atoms with Gasteiger partial charge in [-0.3, -0.25) is 0 Å². The highest BCUT2D eigenvalue weighted by molar-refractivity contribution is 5.69. The Bertz CT molecular complexity index is 138. The minimum Gasteiger partial charge on any atom is -0.443 e. The third kappa shape index (κ3) is 1.21. The Hall–Kier alpha value is -0.770. The van der Waals surface area contributed by atoms with Crippen molar-refractivity contribution in [3.63, 3.8) is 0 Å². The van der Waals surface area contributed by atoms with Gasteiger partial charge >= 0.3 is 6.09 Å². The van der Waals surface area contributed by atoms with Crippen LogP contribution in [-0.4, -0.2) is 36.7 Å². The summed E-state index contributed by atoms with van der Waals surface area (Å²) >= 11 is 0. The first-order valence-electron chi connectivity index (χ1n) is 3.43. The molecule has 1 aliphatic heterocycles. The summed E-state index contributed by atoms with van der Waals surface area (Å²) in [6.45, 7) is 3.68. The molecule has 58 valence electrons. The van der Waals surface area contributed by atoms with Gasteiger partial charge in [0.05, 0.1) is 6.54 Å². The van der Waals surface area contributed by atoms with E-state index in [1.807, 2.05) is 6.92 Å². The number of likely N-dealkylation sites (N-methyl/N-ethyl adjacent to an activating group) is 1. The quantitative estimate of drug-likeness (QED) is 0.583. The van der Waals surface area contributed by atoms with E-state index in [0.29, 0.717) is 19.6 Å². The zero-order chi connectivity index (χ0) is 7.56. The van der Waals surface area contributed by atoms with Crippen LogP contribution in [0.3, 0.4) is 0 Å². The Morgan fingerprint density at radius 1 is 1.90 bits per heavy atom. The fourth-order valence-electron chi connectivity index (χ4n) is 0.956. The van der Waals surface area contributed by atoms with Crippen molar-refractivity contribution in [2.45, 2.75) is 13.0 Å². The maximum Gasteiger partial charge on any atom is 0.410 e. The average molecular weight is 144 g/mol. The minimum atomic E-state index is -0.238. The lowest BCUT2D eigenvalue weighted by Crippen LogP contribution is -2.27. The molecule has 0 radical (unpaired) electrons. The number of hydrogen-bond acceptors (Lipinski definition) is 3. The SMILES string of the molecule is CCN1C[C@@H](CN)OC1=O. The number of nitrogens with two attached hydrogens (primary N) is 1. The molecule has 4 nitrogen and oxygen atoms in total. The molecule has 0 bridgehead atoms. The molecule has 0 aromatic heterocycles. The fraction of sp³-hybridized carbons (Fsp3) is 0.833. The lowest BCUT2D eigenvalue weighted by atomic mass is 10.3. The van der Waals surface area contributed by atoms with Gasteiger partial charge in [-0.05, 0) is 6.92 Å². The van der Waals surface area contributed by atoms with E-state index >= 15 is 0 Å². The van der Waals surface area contributed by atoms with E-state index in [0.717, 1.165) is 0 Å². The van der Waals surface area contributed by atoms with E-state index < -0.39 is 0 Å². The molecule has 0 unspecified atom stereocenters. The van der Waals surface area contributed by atoms with E-state index in [1.165, 1.54) is 0 Å². The third-order valence-corrected chi connectivity index (χ3v) is 1.59. The van der Waals surface area contributed by atoms with Crippen LogP contribution in [0, 0.1) is 0 Å². The first-order valence-corrected chi connectivity index (χ1v) is 3.43. The number of rotatable bonds is 2. The van der Waals surface area contributed by atoms with Gasteiger partial charge in [-0.2, -0.15) is 0 Å². The highest BCUT2D eigenvalue weighted by atomic mass is 16.6. The molecule has 2 N–H and O–H groups in total. The van der Waals surface area contributed by atoms with E-state index in [2.05, 4.69) is 0 Å². The van der Waals surface area contributed by atoms with Crippen molar-refractivity contribution in [2.24, 2.45) is 5.73 Å². The number of nitrogens with zero attached hydrogens (tertiary/aromatic N) is 1. The Morgan fingerprint density at radius 2 is 2.60 bits per heavy atom. The number of carbonyl (C=O) groups is 1. The standard InChI is InChI=1S/C6H12N2O2/c1-2-8-4-5(3-7)10-6(8)9/h5H,2-4,7H2,1H3/t5-/m1/s1. The summed E-state index contributed by atoms with van der Waals surface area (Å²) in [6.07, 6.45) is -0.328. The number of carbonyl (C=O) groups excluding carboxylic acids is 1. The lowest BCUT2D eigenvalue weighted by molar-refractivity contribution is 0.135. The number of cyclic esters (lactones) is 1. The summed E-state index contributed by atoms with van der Waals surface area (Å²) in [5.41, 5.74) is 5.31. The predicted octanol–water partition coefficient (Wildman–Crippen LogP) is -0.214. The number of amides is 1. The van der Waals surface area contributed by atoms with Gasteiger partial charge in [-0.1, -0.05) is 0 Å². The Morgan fingerprint density at radius 3 is 2.90 bits per heavy atom. The molecule has 1 saturated heterocycles. The first-order chi connectivity index (χ1) is 4.77. The van der Waals surface area contributed by atoms with Gasteiger partial charge < -0.3 is 15.4 Å². The molecule has 1 heterocycles. The van der Waals surface area contributed by atoms with Crippen LogP contribution in [0.15, 0.2) is 0 Å². The maximum atomic E-state index is 10.8. The van der Waals surface area contributed by atoms with Crippen LogP contribution in [0.2, 0.25) is 0 Å². The summed E-state index contributed by atoms with van der Waals surface area (Å²) in [6, 6.07) is 0. The van der Waals surface area contributed by atoms with Crippen molar-refractivity contribution in [3.05, 3.63) is 0 Å². The molecular weight excluding hydrogens is 132 g/mol. The van der Waals surface area contributed by atoms with Gasteiger partial charge in [-0.15, -0.1) is 0 Å². The molecule has 0 aromatic rings. The van der Waals surface area contributed by atoms with Crippen molar-refractivity contribution in [1.82, 2.24) is 4.90 Å². The van der Waals surface area contributed by atoms with E-state index in [1.54, 1.807) is 4.90 Å². The summed E-state index contributed by atoms with van der Waals surface area (Å²) in [5.74, 6) is 0. The van der Waals surface area contributed by atoms with Gasteiger partial charge in [-0.25, -0.2) is 4.79 Å². The second-order valence-corrected chi connectivity index (χ2v) is 2.28. The molecule has 1 atom stereocenters. The van der Waals surface area contributed by atoms with Crippen molar-refractivity contribution in [3.8, 4) is 0 Å². The van der Waals surface area contributed by atoms with Crippen LogP contribution in [0.4, 0.5) is 4.79 Å². The number of ether oxygens (including phenoxy) is 1. The summed E-state index contributed by atoms with van der Waals surface area (Å²) in [4.78, 5) is 12.5. The van der Waals surface area contributed by atoms with Crippen LogP contribution < -0.4 is 5.73 Å². The highest BCUT2D eigenvalue weighted by Gasteiger charge is 2.28. The maximum absolute atomic E-state index is 10.8. The normalized spacial score (nSPS) is 25.2. The zero-order valence-electron chi connectivity index (χ0n) is 6.04. The average Bonchev–Trinajstić information content (AvgIpc) is 2.30. The van der Waals surface area contributed by atoms with E-state index in [-0.39, 0.29) is 12.2 Å². The Balaban J connectivity index is 2.44. The van der Waals surface area contributed by atoms with Crippen LogP contribution in [-0.2, 0) is 4.74 Å².